The summed E-state index contributed by atoms with van der Waals surface area (Å²) in [5.74, 6) is 2.16. The predicted molar refractivity (Wildman–Crippen MR) is 138 cm³/mol. The molecule has 0 spiro atoms. The molecule has 1 atom stereocenters. The second-order valence-corrected chi connectivity index (χ2v) is 9.53. The highest BCUT2D eigenvalue weighted by atomic mass is 16.5. The monoisotopic (exact) mass is 474 g/mol. The molecule has 0 bridgehead atoms. The molecule has 35 heavy (non-hydrogen) atoms. The van der Waals surface area contributed by atoms with Crippen molar-refractivity contribution in [2.75, 3.05) is 44.3 Å². The molecule has 0 radical (unpaired) electrons. The summed E-state index contributed by atoms with van der Waals surface area (Å²) >= 11 is 0. The van der Waals surface area contributed by atoms with E-state index in [9.17, 15) is 10.2 Å². The van der Waals surface area contributed by atoms with Gasteiger partial charge in [0.15, 0.2) is 0 Å². The molecule has 1 unspecified atom stereocenters. The van der Waals surface area contributed by atoms with Crippen molar-refractivity contribution in [2.24, 2.45) is 0 Å². The first-order valence-electron chi connectivity index (χ1n) is 12.6. The van der Waals surface area contributed by atoms with Gasteiger partial charge in [-0.05, 0) is 73.5 Å². The summed E-state index contributed by atoms with van der Waals surface area (Å²) in [5, 5.41) is 19.7. The van der Waals surface area contributed by atoms with E-state index in [4.69, 9.17) is 9.47 Å². The minimum atomic E-state index is 0.127. The number of hydrogen-bond acceptors (Lipinski definition) is 6. The van der Waals surface area contributed by atoms with E-state index in [1.807, 2.05) is 18.2 Å². The fraction of sp³-hybridized carbons (Fsp3) is 0.379. The van der Waals surface area contributed by atoms with E-state index < -0.39 is 0 Å². The summed E-state index contributed by atoms with van der Waals surface area (Å²) in [6.07, 6.45) is 3.95. The van der Waals surface area contributed by atoms with Gasteiger partial charge in [0, 0.05) is 31.6 Å². The molecule has 2 heterocycles. The number of nitrogens with zero attached hydrogens (tertiary/aromatic N) is 2. The first-order valence-corrected chi connectivity index (χ1v) is 12.6. The van der Waals surface area contributed by atoms with Crippen LogP contribution in [0.5, 0.6) is 23.0 Å². The van der Waals surface area contributed by atoms with E-state index in [-0.39, 0.29) is 17.4 Å². The summed E-state index contributed by atoms with van der Waals surface area (Å²) in [7, 11) is 0. The lowest BCUT2D eigenvalue weighted by Crippen LogP contribution is -2.33. The summed E-state index contributed by atoms with van der Waals surface area (Å²) in [6, 6.07) is 21.0. The lowest BCUT2D eigenvalue weighted by molar-refractivity contribution is 0.183. The van der Waals surface area contributed by atoms with Crippen molar-refractivity contribution in [1.82, 2.24) is 4.90 Å². The van der Waals surface area contributed by atoms with Crippen molar-refractivity contribution in [1.29, 1.82) is 0 Å². The number of hydrogen-bond donors (Lipinski definition) is 2. The molecule has 6 nitrogen and oxygen atoms in total. The van der Waals surface area contributed by atoms with Gasteiger partial charge in [0.1, 0.15) is 29.6 Å². The highest BCUT2D eigenvalue weighted by molar-refractivity contribution is 5.62. The smallest absolute Gasteiger partial charge is 0.146 e. The maximum atomic E-state index is 10.0. The average Bonchev–Trinajstić information content (AvgIpc) is 3.05. The molecule has 0 aliphatic carbocycles. The molecule has 3 aromatic rings. The van der Waals surface area contributed by atoms with E-state index in [2.05, 4.69) is 34.1 Å². The van der Waals surface area contributed by atoms with Gasteiger partial charge in [0.05, 0.1) is 12.3 Å². The van der Waals surface area contributed by atoms with Gasteiger partial charge in [-0.15, -0.1) is 0 Å². The minimum Gasteiger partial charge on any atom is -0.508 e. The number of phenolic OH excluding ortho intramolecular Hbond substituents is 2. The highest BCUT2D eigenvalue weighted by Gasteiger charge is 2.25. The quantitative estimate of drug-likeness (QED) is 0.494. The van der Waals surface area contributed by atoms with Crippen molar-refractivity contribution in [3.63, 3.8) is 0 Å². The number of aromatic hydroxyl groups is 2. The van der Waals surface area contributed by atoms with Crippen molar-refractivity contribution < 1.29 is 19.7 Å². The Balaban J connectivity index is 1.27. The van der Waals surface area contributed by atoms with E-state index in [0.717, 1.165) is 30.1 Å². The van der Waals surface area contributed by atoms with Gasteiger partial charge in [-0.3, -0.25) is 4.90 Å². The normalized spacial score (nSPS) is 18.4. The second-order valence-electron chi connectivity index (χ2n) is 9.53. The minimum absolute atomic E-state index is 0.127. The van der Waals surface area contributed by atoms with Crippen LogP contribution in [0.4, 0.5) is 5.69 Å². The predicted octanol–water partition coefficient (Wildman–Crippen LogP) is 5.15. The Morgan fingerprint density at radius 1 is 0.857 bits per heavy atom. The fourth-order valence-corrected chi connectivity index (χ4v) is 4.97. The number of piperidine rings is 1. The zero-order chi connectivity index (χ0) is 24.0. The molecular formula is C29H34N2O4. The van der Waals surface area contributed by atoms with Gasteiger partial charge in [-0.25, -0.2) is 0 Å². The molecule has 0 aromatic heterocycles. The standard InChI is InChI=1S/C29H34N2O4/c32-25-8-6-23(7-9-25)24-20-31(28-13-10-26(33)18-29(28)35-21-24)19-22-4-11-27(12-5-22)34-17-16-30-14-2-1-3-15-30/h4-13,18,24,32-33H,1-3,14-17,19-21H2. The topological polar surface area (TPSA) is 65.4 Å². The maximum absolute atomic E-state index is 10.0. The zero-order valence-electron chi connectivity index (χ0n) is 20.1. The number of rotatable bonds is 7. The van der Waals surface area contributed by atoms with Crippen LogP contribution in [0.1, 0.15) is 36.3 Å². The molecule has 0 amide bonds. The summed E-state index contributed by atoms with van der Waals surface area (Å²) in [6.45, 7) is 6.05. The lowest BCUT2D eigenvalue weighted by Gasteiger charge is -2.27. The molecule has 5 rings (SSSR count). The lowest BCUT2D eigenvalue weighted by atomic mass is 9.99. The first-order chi connectivity index (χ1) is 17.1. The number of fused-ring (bicyclic) bond motifs is 1. The molecular weight excluding hydrogens is 440 g/mol. The van der Waals surface area contributed by atoms with Gasteiger partial charge in [0.2, 0.25) is 0 Å². The van der Waals surface area contributed by atoms with Crippen LogP contribution in [-0.2, 0) is 6.54 Å². The van der Waals surface area contributed by atoms with Crippen molar-refractivity contribution >= 4 is 5.69 Å². The average molecular weight is 475 g/mol. The number of anilines is 1. The Kier molecular flexibility index (Phi) is 7.28. The third-order valence-corrected chi connectivity index (χ3v) is 6.95. The molecule has 2 aliphatic heterocycles. The van der Waals surface area contributed by atoms with Crippen LogP contribution in [-0.4, -0.2) is 54.5 Å². The Morgan fingerprint density at radius 2 is 1.60 bits per heavy atom. The van der Waals surface area contributed by atoms with Crippen LogP contribution in [0.2, 0.25) is 0 Å². The van der Waals surface area contributed by atoms with Crippen LogP contribution < -0.4 is 14.4 Å². The molecule has 6 heteroatoms. The summed E-state index contributed by atoms with van der Waals surface area (Å²) in [4.78, 5) is 4.78. The van der Waals surface area contributed by atoms with E-state index in [0.29, 0.717) is 25.5 Å². The van der Waals surface area contributed by atoms with Crippen molar-refractivity contribution in [3.8, 4) is 23.0 Å². The molecule has 2 aliphatic rings. The largest absolute Gasteiger partial charge is 0.508 e. The van der Waals surface area contributed by atoms with E-state index >= 15 is 0 Å². The van der Waals surface area contributed by atoms with E-state index in [1.165, 1.54) is 37.9 Å². The van der Waals surface area contributed by atoms with Crippen LogP contribution in [0, 0.1) is 0 Å². The highest BCUT2D eigenvalue weighted by Crippen LogP contribution is 2.38. The van der Waals surface area contributed by atoms with Crippen LogP contribution in [0.25, 0.3) is 0 Å². The van der Waals surface area contributed by atoms with Crippen LogP contribution in [0.3, 0.4) is 0 Å². The van der Waals surface area contributed by atoms with E-state index in [1.54, 1.807) is 24.3 Å². The number of likely N-dealkylation sites (tertiary alicyclic amines) is 1. The molecule has 0 saturated carbocycles. The molecule has 2 N–H and O–H groups in total. The summed E-state index contributed by atoms with van der Waals surface area (Å²) in [5.41, 5.74) is 3.26. The van der Waals surface area contributed by atoms with Gasteiger partial charge in [0.25, 0.3) is 0 Å². The molecule has 1 fully saturated rings. The van der Waals surface area contributed by atoms with Gasteiger partial charge < -0.3 is 24.6 Å². The van der Waals surface area contributed by atoms with Crippen molar-refractivity contribution in [3.05, 3.63) is 77.9 Å². The Morgan fingerprint density at radius 3 is 2.37 bits per heavy atom. The Bertz CT molecular complexity index is 1090. The maximum Gasteiger partial charge on any atom is 0.146 e. The third-order valence-electron chi connectivity index (χ3n) is 6.95. The first kappa shape index (κ1) is 23.4. The van der Waals surface area contributed by atoms with Gasteiger partial charge in [-0.1, -0.05) is 30.7 Å². The number of ether oxygens (including phenoxy) is 2. The second kappa shape index (κ2) is 10.9. The number of phenols is 2. The Hall–Kier alpha value is -3.38. The SMILES string of the molecule is Oc1ccc(C2COc3cc(O)ccc3N(Cc3ccc(OCCN4CCCCC4)cc3)C2)cc1. The van der Waals surface area contributed by atoms with Gasteiger partial charge >= 0.3 is 0 Å². The molecule has 1 saturated heterocycles. The van der Waals surface area contributed by atoms with Crippen LogP contribution >= 0.6 is 0 Å². The Labute approximate surface area is 207 Å². The van der Waals surface area contributed by atoms with Gasteiger partial charge in [-0.2, -0.15) is 0 Å². The fourth-order valence-electron chi connectivity index (χ4n) is 4.97. The molecule has 3 aromatic carbocycles. The zero-order valence-corrected chi connectivity index (χ0v) is 20.1. The third kappa shape index (κ3) is 6.01. The van der Waals surface area contributed by atoms with Crippen LogP contribution in [0.15, 0.2) is 66.7 Å². The molecule has 184 valence electrons. The summed E-state index contributed by atoms with van der Waals surface area (Å²) < 4.78 is 12.1. The van der Waals surface area contributed by atoms with Crippen molar-refractivity contribution in [2.45, 2.75) is 31.7 Å². The number of benzene rings is 3.